The summed E-state index contributed by atoms with van der Waals surface area (Å²) in [5.41, 5.74) is 4.08. The van der Waals surface area contributed by atoms with Crippen molar-refractivity contribution in [2.45, 2.75) is 71.0 Å². The van der Waals surface area contributed by atoms with Gasteiger partial charge in [-0.25, -0.2) is 0 Å². The van der Waals surface area contributed by atoms with Crippen LogP contribution in [0.15, 0.2) is 41.5 Å². The summed E-state index contributed by atoms with van der Waals surface area (Å²) in [5, 5.41) is 21.6. The number of rotatable bonds is 2. The first-order chi connectivity index (χ1) is 14.3. The minimum Gasteiger partial charge on any atom is -0.497 e. The predicted octanol–water partition coefficient (Wildman–Crippen LogP) is 5.37. The predicted molar refractivity (Wildman–Crippen MR) is 120 cm³/mol. The fourth-order valence-electron chi connectivity index (χ4n) is 7.55. The van der Waals surface area contributed by atoms with E-state index in [1.807, 2.05) is 12.1 Å². The largest absolute Gasteiger partial charge is 0.497 e. The Morgan fingerprint density at radius 1 is 1.00 bits per heavy atom. The molecular weight excluding hydrogens is 372 g/mol. The van der Waals surface area contributed by atoms with E-state index in [1.54, 1.807) is 7.11 Å². The molecule has 3 nitrogen and oxygen atoms in total. The maximum Gasteiger partial charge on any atom is 0.118 e. The summed E-state index contributed by atoms with van der Waals surface area (Å²) in [6.07, 6.45) is 11.5. The number of ether oxygens (including phenoxy) is 1. The van der Waals surface area contributed by atoms with Crippen LogP contribution >= 0.6 is 0 Å². The summed E-state index contributed by atoms with van der Waals surface area (Å²) in [6, 6.07) is 8.14. The number of hydrogen-bond donors (Lipinski definition) is 2. The van der Waals surface area contributed by atoms with Crippen molar-refractivity contribution in [1.29, 1.82) is 0 Å². The molecule has 4 aliphatic carbocycles. The van der Waals surface area contributed by atoms with Crippen molar-refractivity contribution in [1.82, 2.24) is 0 Å². The zero-order valence-corrected chi connectivity index (χ0v) is 18.6. The molecule has 3 saturated carbocycles. The third kappa shape index (κ3) is 3.00. The van der Waals surface area contributed by atoms with Gasteiger partial charge in [0.2, 0.25) is 0 Å². The molecule has 3 fully saturated rings. The zero-order valence-electron chi connectivity index (χ0n) is 18.6. The third-order valence-corrected chi connectivity index (χ3v) is 9.41. The van der Waals surface area contributed by atoms with Gasteiger partial charge in [-0.2, -0.15) is 0 Å². The standard InChI is InChI=1S/C27H36O3/c1-26-12-10-20(28)16-19(26)6-9-22-23(26)11-13-27(2)24(22)15-18(25(27)29)14-17-4-7-21(30-3)8-5-17/h4-8,14,20,22-25,28-29H,9-13,15-16H2,1-3H3/t20-,22+,23-,24+,25-,26-,27+/m0/s1. The molecular formula is C27H36O3. The molecule has 3 heteroatoms. The van der Waals surface area contributed by atoms with Crippen LogP contribution < -0.4 is 4.74 Å². The molecule has 0 aliphatic heterocycles. The van der Waals surface area contributed by atoms with Crippen molar-refractivity contribution in [3.8, 4) is 5.75 Å². The lowest BCUT2D eigenvalue weighted by molar-refractivity contribution is -0.0685. The minimum atomic E-state index is -0.350. The molecule has 0 radical (unpaired) electrons. The van der Waals surface area contributed by atoms with Gasteiger partial charge in [-0.3, -0.25) is 0 Å². The van der Waals surface area contributed by atoms with Crippen LogP contribution in [-0.4, -0.2) is 29.5 Å². The Morgan fingerprint density at radius 3 is 2.50 bits per heavy atom. The molecule has 0 aromatic heterocycles. The highest BCUT2D eigenvalue weighted by Gasteiger charge is 2.59. The highest BCUT2D eigenvalue weighted by Crippen LogP contribution is 2.65. The molecule has 1 aromatic carbocycles. The molecule has 1 aromatic rings. The van der Waals surface area contributed by atoms with Gasteiger partial charge in [-0.05, 0) is 91.4 Å². The van der Waals surface area contributed by atoms with E-state index in [0.29, 0.717) is 17.8 Å². The van der Waals surface area contributed by atoms with Crippen LogP contribution in [0.3, 0.4) is 0 Å². The average molecular weight is 409 g/mol. The van der Waals surface area contributed by atoms with E-state index in [9.17, 15) is 10.2 Å². The van der Waals surface area contributed by atoms with E-state index >= 15 is 0 Å². The number of benzene rings is 1. The van der Waals surface area contributed by atoms with Gasteiger partial charge in [0, 0.05) is 5.41 Å². The van der Waals surface area contributed by atoms with Gasteiger partial charge in [0.1, 0.15) is 5.75 Å². The van der Waals surface area contributed by atoms with Crippen LogP contribution in [0.4, 0.5) is 0 Å². The number of aliphatic hydroxyl groups excluding tert-OH is 2. The molecule has 0 heterocycles. The second-order valence-corrected chi connectivity index (χ2v) is 10.8. The van der Waals surface area contributed by atoms with E-state index < -0.39 is 0 Å². The lowest BCUT2D eigenvalue weighted by Crippen LogP contribution is -2.51. The molecule has 2 N–H and O–H groups in total. The van der Waals surface area contributed by atoms with Gasteiger partial charge >= 0.3 is 0 Å². The molecule has 30 heavy (non-hydrogen) atoms. The molecule has 0 amide bonds. The maximum absolute atomic E-state index is 11.4. The molecule has 5 rings (SSSR count). The van der Waals surface area contributed by atoms with Crippen LogP contribution in [0.5, 0.6) is 5.75 Å². The van der Waals surface area contributed by atoms with E-state index in [0.717, 1.165) is 49.8 Å². The molecule has 0 saturated heterocycles. The summed E-state index contributed by atoms with van der Waals surface area (Å²) < 4.78 is 5.28. The summed E-state index contributed by atoms with van der Waals surface area (Å²) >= 11 is 0. The Kier molecular flexibility index (Phi) is 4.91. The molecule has 162 valence electrons. The van der Waals surface area contributed by atoms with Crippen molar-refractivity contribution in [2.75, 3.05) is 7.11 Å². The van der Waals surface area contributed by atoms with Crippen LogP contribution in [0.25, 0.3) is 6.08 Å². The van der Waals surface area contributed by atoms with Crippen molar-refractivity contribution >= 4 is 6.08 Å². The van der Waals surface area contributed by atoms with Gasteiger partial charge in [-0.1, -0.05) is 43.7 Å². The molecule has 7 atom stereocenters. The Bertz CT molecular complexity index is 869. The number of methoxy groups -OCH3 is 1. The molecule has 0 bridgehead atoms. The Hall–Kier alpha value is -1.58. The summed E-state index contributed by atoms with van der Waals surface area (Å²) in [6.45, 7) is 4.79. The minimum absolute atomic E-state index is 0.0185. The maximum atomic E-state index is 11.4. The topological polar surface area (TPSA) is 49.7 Å². The molecule has 4 aliphatic rings. The average Bonchev–Trinajstić information content (AvgIpc) is 3.00. The van der Waals surface area contributed by atoms with E-state index in [1.165, 1.54) is 17.6 Å². The van der Waals surface area contributed by atoms with Gasteiger partial charge in [0.25, 0.3) is 0 Å². The first-order valence-corrected chi connectivity index (χ1v) is 11.8. The number of allylic oxidation sites excluding steroid dienone is 1. The SMILES string of the molecule is COc1ccc(C=C2C[C@@H]3[C@@H]4CC=C5C[C@@H](O)CC[C@]5(C)[C@H]4CC[C@@]3(C)[C@H]2O)cc1. The number of fused-ring (bicyclic) bond motifs is 5. The Morgan fingerprint density at radius 2 is 1.77 bits per heavy atom. The lowest BCUT2D eigenvalue weighted by Gasteiger charge is -2.57. The monoisotopic (exact) mass is 408 g/mol. The highest BCUT2D eigenvalue weighted by molar-refractivity contribution is 5.56. The second-order valence-electron chi connectivity index (χ2n) is 10.8. The number of hydrogen-bond acceptors (Lipinski definition) is 3. The van der Waals surface area contributed by atoms with Crippen molar-refractivity contribution in [3.63, 3.8) is 0 Å². The van der Waals surface area contributed by atoms with Gasteiger partial charge in [0.15, 0.2) is 0 Å². The fraction of sp³-hybridized carbons (Fsp3) is 0.630. The van der Waals surface area contributed by atoms with Gasteiger partial charge in [0.05, 0.1) is 19.3 Å². The van der Waals surface area contributed by atoms with Crippen LogP contribution in [-0.2, 0) is 0 Å². The quantitative estimate of drug-likeness (QED) is 0.647. The number of aliphatic hydroxyl groups is 2. The normalized spacial score (nSPS) is 44.1. The van der Waals surface area contributed by atoms with Crippen molar-refractivity contribution < 1.29 is 14.9 Å². The Balaban J connectivity index is 1.44. The van der Waals surface area contributed by atoms with E-state index in [-0.39, 0.29) is 23.0 Å². The molecule has 0 unspecified atom stereocenters. The van der Waals surface area contributed by atoms with Crippen molar-refractivity contribution in [3.05, 3.63) is 47.1 Å². The summed E-state index contributed by atoms with van der Waals surface area (Å²) in [7, 11) is 1.69. The smallest absolute Gasteiger partial charge is 0.118 e. The van der Waals surface area contributed by atoms with Crippen LogP contribution in [0, 0.1) is 28.6 Å². The second kappa shape index (κ2) is 7.24. The molecule has 0 spiro atoms. The first-order valence-electron chi connectivity index (χ1n) is 11.8. The van der Waals surface area contributed by atoms with E-state index in [4.69, 9.17) is 4.74 Å². The van der Waals surface area contributed by atoms with Gasteiger partial charge < -0.3 is 14.9 Å². The van der Waals surface area contributed by atoms with Crippen LogP contribution in [0.2, 0.25) is 0 Å². The highest BCUT2D eigenvalue weighted by atomic mass is 16.5. The van der Waals surface area contributed by atoms with E-state index in [2.05, 4.69) is 38.1 Å². The van der Waals surface area contributed by atoms with Gasteiger partial charge in [-0.15, -0.1) is 0 Å². The Labute approximate surface area is 180 Å². The fourth-order valence-corrected chi connectivity index (χ4v) is 7.55. The van der Waals surface area contributed by atoms with Crippen molar-refractivity contribution in [2.24, 2.45) is 28.6 Å². The zero-order chi connectivity index (χ0) is 21.1. The first kappa shape index (κ1) is 20.3. The van der Waals surface area contributed by atoms with Crippen LogP contribution in [0.1, 0.15) is 64.4 Å². The summed E-state index contributed by atoms with van der Waals surface area (Å²) in [4.78, 5) is 0. The lowest BCUT2D eigenvalue weighted by atomic mass is 9.48. The third-order valence-electron chi connectivity index (χ3n) is 9.41. The summed E-state index contributed by atoms with van der Waals surface area (Å²) in [5.74, 6) is 2.74.